The Balaban J connectivity index is 1.21. The molecule has 5 rings (SSSR count). The van der Waals surface area contributed by atoms with Crippen LogP contribution in [0, 0.1) is 34.5 Å². The first-order chi connectivity index (χ1) is 21.4. The Morgan fingerprint density at radius 1 is 1.00 bits per heavy atom. The number of carbonyl (C=O) groups is 3. The Morgan fingerprint density at radius 2 is 1.80 bits per heavy atom. The summed E-state index contributed by atoms with van der Waals surface area (Å²) in [5, 5.41) is 0. The lowest BCUT2D eigenvalue weighted by atomic mass is 9.47. The zero-order valence-corrected chi connectivity index (χ0v) is 28.2. The third-order valence-electron chi connectivity index (χ3n) is 12.1. The fraction of sp³-hybridized carbons (Fsp3) is 0.757. The van der Waals surface area contributed by atoms with Crippen LogP contribution in [-0.2, 0) is 38.1 Å². The van der Waals surface area contributed by atoms with Gasteiger partial charge < -0.3 is 23.7 Å². The number of unbranched alkanes of at least 4 members (excludes halogenated alkanes) is 1. The zero-order chi connectivity index (χ0) is 32.4. The molecule has 45 heavy (non-hydrogen) atoms. The highest BCUT2D eigenvalue weighted by atomic mass is 16.7. The summed E-state index contributed by atoms with van der Waals surface area (Å²) >= 11 is 0. The van der Waals surface area contributed by atoms with E-state index in [2.05, 4.69) is 32.9 Å². The van der Waals surface area contributed by atoms with Gasteiger partial charge in [0.2, 0.25) is 0 Å². The summed E-state index contributed by atoms with van der Waals surface area (Å²) in [5.74, 6) is 1.90. The minimum atomic E-state index is -0.618. The van der Waals surface area contributed by atoms with Gasteiger partial charge in [-0.25, -0.2) is 0 Å². The first-order valence-corrected chi connectivity index (χ1v) is 17.2. The van der Waals surface area contributed by atoms with Crippen LogP contribution in [0.3, 0.4) is 0 Å². The van der Waals surface area contributed by atoms with Gasteiger partial charge in [0.25, 0.3) is 0 Å². The fourth-order valence-electron chi connectivity index (χ4n) is 9.84. The Morgan fingerprint density at radius 3 is 2.53 bits per heavy atom. The quantitative estimate of drug-likeness (QED) is 0.111. The van der Waals surface area contributed by atoms with Crippen LogP contribution < -0.4 is 0 Å². The van der Waals surface area contributed by atoms with Crippen molar-refractivity contribution in [2.24, 2.45) is 34.5 Å². The molecular weight excluding hydrogens is 572 g/mol. The van der Waals surface area contributed by atoms with E-state index in [1.807, 2.05) is 6.08 Å². The predicted octanol–water partition coefficient (Wildman–Crippen LogP) is 7.02. The van der Waals surface area contributed by atoms with Gasteiger partial charge >= 0.3 is 17.9 Å². The summed E-state index contributed by atoms with van der Waals surface area (Å²) in [6.45, 7) is 10.1. The standard InChI is InChI=1S/C37H54O8/c1-23(9-7-8-10-34(40)41-6)29-13-14-30-28-12-11-26-21-27(17-19-36(26,4)31(28)18-20-37(29,30)5)44-35-16-15-32(43-25(3)39)33(45-35)22-42-24(2)38/h9,11,15-16,27-33,35H,7-8,10,12-14,17-22H2,1-6H3/b23-9+/t27-,28-,29+,30-,31-,32-,33+,35?,36-,37+/m0/s1. The van der Waals surface area contributed by atoms with E-state index in [9.17, 15) is 14.4 Å². The second-order valence-electron chi connectivity index (χ2n) is 14.7. The minimum Gasteiger partial charge on any atom is -0.469 e. The molecular formula is C37H54O8. The highest BCUT2D eigenvalue weighted by Crippen LogP contribution is 2.67. The molecule has 0 aromatic heterocycles. The summed E-state index contributed by atoms with van der Waals surface area (Å²) in [7, 11) is 1.46. The maximum absolute atomic E-state index is 11.6. The summed E-state index contributed by atoms with van der Waals surface area (Å²) < 4.78 is 28.0. The van der Waals surface area contributed by atoms with Crippen LogP contribution in [-0.4, -0.2) is 56.2 Å². The molecule has 0 spiro atoms. The third-order valence-corrected chi connectivity index (χ3v) is 12.1. The van der Waals surface area contributed by atoms with E-state index in [1.165, 1.54) is 52.2 Å². The molecule has 0 aromatic carbocycles. The number of ether oxygens (including phenoxy) is 5. The van der Waals surface area contributed by atoms with Crippen molar-refractivity contribution in [3.63, 3.8) is 0 Å². The molecule has 0 aromatic rings. The van der Waals surface area contributed by atoms with Crippen molar-refractivity contribution in [2.75, 3.05) is 13.7 Å². The van der Waals surface area contributed by atoms with Gasteiger partial charge in [0, 0.05) is 20.3 Å². The Hall–Kier alpha value is -2.45. The SMILES string of the molecule is COC(=O)CCC/C=C(\C)[C@H]1CC[C@H]2[C@@H]3CC=C4C[C@@H](OC5C=C[C@H](OC(C)=O)[C@@H](COC(C)=O)O5)CC[C@]4(C)[C@H]3CC[C@]12C. The van der Waals surface area contributed by atoms with Gasteiger partial charge in [-0.1, -0.05) is 37.1 Å². The van der Waals surface area contributed by atoms with E-state index in [0.717, 1.165) is 50.4 Å². The van der Waals surface area contributed by atoms with Gasteiger partial charge in [-0.3, -0.25) is 14.4 Å². The topological polar surface area (TPSA) is 97.4 Å². The van der Waals surface area contributed by atoms with Gasteiger partial charge in [-0.15, -0.1) is 0 Å². The molecule has 0 amide bonds. The molecule has 1 aliphatic heterocycles. The van der Waals surface area contributed by atoms with Crippen molar-refractivity contribution in [1.29, 1.82) is 0 Å². The average Bonchev–Trinajstić information content (AvgIpc) is 3.36. The molecule has 4 aliphatic carbocycles. The van der Waals surface area contributed by atoms with Crippen LogP contribution in [0.15, 0.2) is 35.5 Å². The molecule has 1 heterocycles. The third kappa shape index (κ3) is 7.27. The molecule has 0 radical (unpaired) electrons. The first kappa shape index (κ1) is 33.9. The van der Waals surface area contributed by atoms with E-state index in [0.29, 0.717) is 23.7 Å². The van der Waals surface area contributed by atoms with Gasteiger partial charge in [0.05, 0.1) is 13.2 Å². The van der Waals surface area contributed by atoms with Crippen molar-refractivity contribution in [1.82, 2.24) is 0 Å². The summed E-state index contributed by atoms with van der Waals surface area (Å²) in [4.78, 5) is 34.5. The number of esters is 3. The maximum atomic E-state index is 11.6. The highest BCUT2D eigenvalue weighted by Gasteiger charge is 2.58. The molecule has 8 nitrogen and oxygen atoms in total. The van der Waals surface area contributed by atoms with Gasteiger partial charge in [0.15, 0.2) is 6.29 Å². The van der Waals surface area contributed by atoms with Crippen LogP contribution in [0.1, 0.15) is 105 Å². The lowest BCUT2D eigenvalue weighted by molar-refractivity contribution is -0.213. The van der Waals surface area contributed by atoms with Crippen molar-refractivity contribution in [2.45, 2.75) is 130 Å². The van der Waals surface area contributed by atoms with E-state index < -0.39 is 30.4 Å². The van der Waals surface area contributed by atoms with Crippen LogP contribution in [0.2, 0.25) is 0 Å². The van der Waals surface area contributed by atoms with Gasteiger partial charge in [-0.2, -0.15) is 0 Å². The second-order valence-corrected chi connectivity index (χ2v) is 14.7. The van der Waals surface area contributed by atoms with Crippen LogP contribution in [0.4, 0.5) is 0 Å². The molecule has 3 saturated carbocycles. The van der Waals surface area contributed by atoms with Crippen LogP contribution in [0.5, 0.6) is 0 Å². The van der Waals surface area contributed by atoms with Crippen LogP contribution in [0.25, 0.3) is 0 Å². The number of hydrogen-bond donors (Lipinski definition) is 0. The maximum Gasteiger partial charge on any atom is 0.305 e. The fourth-order valence-corrected chi connectivity index (χ4v) is 9.84. The molecule has 5 aliphatic rings. The monoisotopic (exact) mass is 626 g/mol. The molecule has 8 heteroatoms. The van der Waals surface area contributed by atoms with Gasteiger partial charge in [-0.05, 0) is 118 Å². The highest BCUT2D eigenvalue weighted by molar-refractivity contribution is 5.69. The average molecular weight is 627 g/mol. The number of rotatable bonds is 10. The van der Waals surface area contributed by atoms with Crippen molar-refractivity contribution < 1.29 is 38.1 Å². The molecule has 3 fully saturated rings. The summed E-state index contributed by atoms with van der Waals surface area (Å²) in [5.41, 5.74) is 3.63. The number of hydrogen-bond acceptors (Lipinski definition) is 8. The Labute approximate surface area is 269 Å². The molecule has 250 valence electrons. The summed E-state index contributed by atoms with van der Waals surface area (Å²) in [6.07, 6.45) is 18.4. The lowest BCUT2D eigenvalue weighted by Crippen LogP contribution is -2.51. The Kier molecular flexibility index (Phi) is 10.6. The largest absolute Gasteiger partial charge is 0.469 e. The molecule has 0 bridgehead atoms. The van der Waals surface area contributed by atoms with E-state index in [4.69, 9.17) is 23.7 Å². The van der Waals surface area contributed by atoms with Crippen molar-refractivity contribution in [3.8, 4) is 0 Å². The number of carbonyl (C=O) groups excluding carboxylic acids is 3. The molecule has 1 unspecified atom stereocenters. The van der Waals surface area contributed by atoms with E-state index >= 15 is 0 Å². The van der Waals surface area contributed by atoms with E-state index in [1.54, 1.807) is 11.6 Å². The summed E-state index contributed by atoms with van der Waals surface area (Å²) in [6, 6.07) is 0. The minimum absolute atomic E-state index is 0.0000934. The predicted molar refractivity (Wildman–Crippen MR) is 170 cm³/mol. The number of methoxy groups -OCH3 is 1. The van der Waals surface area contributed by atoms with Crippen molar-refractivity contribution in [3.05, 3.63) is 35.5 Å². The smallest absolute Gasteiger partial charge is 0.305 e. The lowest BCUT2D eigenvalue weighted by Gasteiger charge is -2.58. The first-order valence-electron chi connectivity index (χ1n) is 17.2. The molecule has 0 N–H and O–H groups in total. The second kappa shape index (κ2) is 14.1. The normalized spacial score (nSPS) is 39.2. The number of fused-ring (bicyclic) bond motifs is 5. The number of allylic oxidation sites excluding steroid dienone is 3. The molecule has 10 atom stereocenters. The van der Waals surface area contributed by atoms with Crippen molar-refractivity contribution >= 4 is 17.9 Å². The van der Waals surface area contributed by atoms with E-state index in [-0.39, 0.29) is 24.1 Å². The van der Waals surface area contributed by atoms with Crippen LogP contribution >= 0.6 is 0 Å². The van der Waals surface area contributed by atoms with Gasteiger partial charge in [0.1, 0.15) is 18.8 Å². The zero-order valence-electron chi connectivity index (χ0n) is 28.2. The Bertz CT molecular complexity index is 1200. The molecule has 0 saturated heterocycles.